The zero-order valence-corrected chi connectivity index (χ0v) is 10.8. The van der Waals surface area contributed by atoms with Gasteiger partial charge in [-0.15, -0.1) is 5.10 Å². The number of nitrogens with zero attached hydrogens (tertiary/aromatic N) is 5. The van der Waals surface area contributed by atoms with Crippen LogP contribution in [-0.2, 0) is 24.2 Å². The van der Waals surface area contributed by atoms with Gasteiger partial charge in [-0.1, -0.05) is 25.1 Å². The van der Waals surface area contributed by atoms with Crippen LogP contribution in [0.15, 0.2) is 24.3 Å². The molecule has 0 fully saturated rings. The number of hydrogen-bond acceptors (Lipinski definition) is 4. The lowest BCUT2D eigenvalue weighted by molar-refractivity contribution is -0.119. The molecule has 1 aromatic heterocycles. The first-order valence-corrected chi connectivity index (χ1v) is 6.43. The van der Waals surface area contributed by atoms with Gasteiger partial charge in [-0.25, -0.2) is 4.68 Å². The SMILES string of the molecule is CCc1nnnn1CC(=O)N1CCc2ccccc21. The number of aryl methyl sites for hydroxylation is 1. The van der Waals surface area contributed by atoms with Crippen LogP contribution in [0.4, 0.5) is 5.69 Å². The van der Waals surface area contributed by atoms with Gasteiger partial charge in [0.1, 0.15) is 6.54 Å². The van der Waals surface area contributed by atoms with E-state index in [4.69, 9.17) is 0 Å². The monoisotopic (exact) mass is 257 g/mol. The highest BCUT2D eigenvalue weighted by atomic mass is 16.2. The van der Waals surface area contributed by atoms with Gasteiger partial charge in [0.25, 0.3) is 0 Å². The normalized spacial score (nSPS) is 13.6. The summed E-state index contributed by atoms with van der Waals surface area (Å²) in [6, 6.07) is 8.01. The summed E-state index contributed by atoms with van der Waals surface area (Å²) in [6.45, 7) is 2.91. The number of para-hydroxylation sites is 1. The maximum Gasteiger partial charge on any atom is 0.248 e. The molecular weight excluding hydrogens is 242 g/mol. The predicted octanol–water partition coefficient (Wildman–Crippen LogP) is 0.825. The molecule has 0 aliphatic carbocycles. The molecule has 0 atom stereocenters. The Kier molecular flexibility index (Phi) is 2.98. The van der Waals surface area contributed by atoms with Crippen LogP contribution in [0.1, 0.15) is 18.3 Å². The average Bonchev–Trinajstić information content (AvgIpc) is 3.04. The number of anilines is 1. The number of aromatic nitrogens is 4. The van der Waals surface area contributed by atoms with E-state index in [-0.39, 0.29) is 12.5 Å². The second-order valence-corrected chi connectivity index (χ2v) is 4.53. The second kappa shape index (κ2) is 4.79. The minimum atomic E-state index is 0.0342. The van der Waals surface area contributed by atoms with E-state index in [0.29, 0.717) is 0 Å². The Morgan fingerprint density at radius 2 is 2.21 bits per heavy atom. The van der Waals surface area contributed by atoms with Crippen LogP contribution in [0.3, 0.4) is 0 Å². The number of fused-ring (bicyclic) bond motifs is 1. The summed E-state index contributed by atoms with van der Waals surface area (Å²) < 4.78 is 1.57. The van der Waals surface area contributed by atoms with Crippen molar-refractivity contribution >= 4 is 11.6 Å². The molecule has 0 radical (unpaired) electrons. The Balaban J connectivity index is 1.79. The molecular formula is C13H15N5O. The van der Waals surface area contributed by atoms with Gasteiger partial charge >= 0.3 is 0 Å². The van der Waals surface area contributed by atoms with Crippen LogP contribution < -0.4 is 4.90 Å². The van der Waals surface area contributed by atoms with Crippen LogP contribution in [0.2, 0.25) is 0 Å². The van der Waals surface area contributed by atoms with E-state index in [0.717, 1.165) is 30.9 Å². The number of hydrogen-bond donors (Lipinski definition) is 0. The Morgan fingerprint density at radius 3 is 3.05 bits per heavy atom. The fourth-order valence-electron chi connectivity index (χ4n) is 2.41. The zero-order chi connectivity index (χ0) is 13.2. The zero-order valence-electron chi connectivity index (χ0n) is 10.8. The fraction of sp³-hybridized carbons (Fsp3) is 0.385. The molecule has 1 amide bonds. The van der Waals surface area contributed by atoms with E-state index in [1.165, 1.54) is 5.56 Å². The predicted molar refractivity (Wildman–Crippen MR) is 69.7 cm³/mol. The van der Waals surface area contributed by atoms with Crippen LogP contribution in [-0.4, -0.2) is 32.7 Å². The third-order valence-electron chi connectivity index (χ3n) is 3.40. The van der Waals surface area contributed by atoms with Crippen LogP contribution >= 0.6 is 0 Å². The summed E-state index contributed by atoms with van der Waals surface area (Å²) in [5.74, 6) is 0.771. The molecule has 0 unspecified atom stereocenters. The van der Waals surface area contributed by atoms with Gasteiger partial charge in [-0.3, -0.25) is 4.79 Å². The third-order valence-corrected chi connectivity index (χ3v) is 3.40. The number of rotatable bonds is 3. The molecule has 3 rings (SSSR count). The molecule has 6 nitrogen and oxygen atoms in total. The van der Waals surface area contributed by atoms with Crippen molar-refractivity contribution in [3.8, 4) is 0 Å². The Bertz CT molecular complexity index is 607. The lowest BCUT2D eigenvalue weighted by Gasteiger charge is -2.17. The number of amides is 1. The van der Waals surface area contributed by atoms with Gasteiger partial charge in [0.05, 0.1) is 0 Å². The third kappa shape index (κ3) is 2.09. The van der Waals surface area contributed by atoms with Crippen molar-refractivity contribution in [3.63, 3.8) is 0 Å². The molecule has 2 heterocycles. The molecule has 0 saturated heterocycles. The quantitative estimate of drug-likeness (QED) is 0.816. The maximum absolute atomic E-state index is 12.4. The van der Waals surface area contributed by atoms with E-state index in [9.17, 15) is 4.79 Å². The summed E-state index contributed by atoms with van der Waals surface area (Å²) >= 11 is 0. The maximum atomic E-state index is 12.4. The van der Waals surface area contributed by atoms with Crippen molar-refractivity contribution in [1.29, 1.82) is 0 Å². The molecule has 0 N–H and O–H groups in total. The highest BCUT2D eigenvalue weighted by Gasteiger charge is 2.24. The van der Waals surface area contributed by atoms with Gasteiger partial charge < -0.3 is 4.90 Å². The van der Waals surface area contributed by atoms with Crippen molar-refractivity contribution in [2.75, 3.05) is 11.4 Å². The Hall–Kier alpha value is -2.24. The van der Waals surface area contributed by atoms with E-state index in [1.807, 2.05) is 30.0 Å². The lowest BCUT2D eigenvalue weighted by Crippen LogP contribution is -2.33. The van der Waals surface area contributed by atoms with E-state index < -0.39 is 0 Å². The number of tetrazole rings is 1. The molecule has 1 aliphatic heterocycles. The lowest BCUT2D eigenvalue weighted by atomic mass is 10.2. The standard InChI is InChI=1S/C13H15N5O/c1-2-12-14-15-16-18(12)9-13(19)17-8-7-10-5-3-4-6-11(10)17/h3-6H,2,7-9H2,1H3. The molecule has 0 saturated carbocycles. The smallest absolute Gasteiger partial charge is 0.248 e. The first-order valence-electron chi connectivity index (χ1n) is 6.43. The number of benzene rings is 1. The van der Waals surface area contributed by atoms with Gasteiger partial charge in [0.15, 0.2) is 5.82 Å². The summed E-state index contributed by atoms with van der Waals surface area (Å²) in [4.78, 5) is 14.2. The highest BCUT2D eigenvalue weighted by Crippen LogP contribution is 2.27. The van der Waals surface area contributed by atoms with Crippen molar-refractivity contribution < 1.29 is 4.79 Å². The number of carbonyl (C=O) groups is 1. The van der Waals surface area contributed by atoms with Crippen LogP contribution in [0.5, 0.6) is 0 Å². The van der Waals surface area contributed by atoms with Crippen molar-refractivity contribution in [2.45, 2.75) is 26.3 Å². The van der Waals surface area contributed by atoms with Crippen LogP contribution in [0.25, 0.3) is 0 Å². The van der Waals surface area contributed by atoms with Crippen molar-refractivity contribution in [3.05, 3.63) is 35.7 Å². The first-order chi connectivity index (χ1) is 9.29. The Labute approximate surface area is 111 Å². The summed E-state index contributed by atoms with van der Waals surface area (Å²) in [5.41, 5.74) is 2.24. The summed E-state index contributed by atoms with van der Waals surface area (Å²) in [5, 5.41) is 11.4. The highest BCUT2D eigenvalue weighted by molar-refractivity contribution is 5.95. The molecule has 1 aliphatic rings. The molecule has 6 heteroatoms. The molecule has 0 spiro atoms. The molecule has 0 bridgehead atoms. The minimum absolute atomic E-state index is 0.0342. The van der Waals surface area contributed by atoms with Crippen molar-refractivity contribution in [2.24, 2.45) is 0 Å². The van der Waals surface area contributed by atoms with E-state index >= 15 is 0 Å². The molecule has 1 aromatic carbocycles. The fourth-order valence-corrected chi connectivity index (χ4v) is 2.41. The van der Waals surface area contributed by atoms with Crippen molar-refractivity contribution in [1.82, 2.24) is 20.2 Å². The second-order valence-electron chi connectivity index (χ2n) is 4.53. The van der Waals surface area contributed by atoms with Gasteiger partial charge in [0, 0.05) is 18.7 Å². The van der Waals surface area contributed by atoms with E-state index in [2.05, 4.69) is 21.6 Å². The average molecular weight is 257 g/mol. The largest absolute Gasteiger partial charge is 0.310 e. The van der Waals surface area contributed by atoms with Gasteiger partial charge in [0.2, 0.25) is 5.91 Å². The van der Waals surface area contributed by atoms with Gasteiger partial charge in [-0.05, 0) is 28.5 Å². The number of carbonyl (C=O) groups excluding carboxylic acids is 1. The minimum Gasteiger partial charge on any atom is -0.310 e. The molecule has 19 heavy (non-hydrogen) atoms. The summed E-state index contributed by atoms with van der Waals surface area (Å²) in [7, 11) is 0. The van der Waals surface area contributed by atoms with E-state index in [1.54, 1.807) is 4.68 Å². The topological polar surface area (TPSA) is 63.9 Å². The Morgan fingerprint density at radius 1 is 1.37 bits per heavy atom. The van der Waals surface area contributed by atoms with Crippen LogP contribution in [0, 0.1) is 0 Å². The molecule has 98 valence electrons. The summed E-state index contributed by atoms with van der Waals surface area (Å²) in [6.07, 6.45) is 1.63. The van der Waals surface area contributed by atoms with Gasteiger partial charge in [-0.2, -0.15) is 0 Å². The first kappa shape index (κ1) is 11.8. The molecule has 2 aromatic rings.